The van der Waals surface area contributed by atoms with Crippen LogP contribution in [0.2, 0.25) is 0 Å². The molecule has 2 aromatic rings. The van der Waals surface area contributed by atoms with Gasteiger partial charge in [-0.2, -0.15) is 0 Å². The van der Waals surface area contributed by atoms with E-state index in [1.165, 1.54) is 0 Å². The normalized spacial score (nSPS) is 27.1. The third kappa shape index (κ3) is 2.27. The lowest BCUT2D eigenvalue weighted by atomic mass is 9.78. The molecule has 2 aliphatic rings. The van der Waals surface area contributed by atoms with Crippen molar-refractivity contribution in [3.05, 3.63) is 71.3 Å². The molecule has 3 heteroatoms. The Hall–Kier alpha value is -2.13. The van der Waals surface area contributed by atoms with Crippen LogP contribution in [0.15, 0.2) is 54.6 Å². The zero-order chi connectivity index (χ0) is 15.9. The van der Waals surface area contributed by atoms with Gasteiger partial charge < -0.3 is 10.0 Å². The molecular formula is C20H21NO2. The summed E-state index contributed by atoms with van der Waals surface area (Å²) in [4.78, 5) is 14.9. The maximum Gasteiger partial charge on any atom is 0.254 e. The van der Waals surface area contributed by atoms with Gasteiger partial charge in [-0.25, -0.2) is 0 Å². The number of carbonyl (C=O) groups is 1. The van der Waals surface area contributed by atoms with Crippen LogP contribution in [0.3, 0.4) is 0 Å². The number of hydrogen-bond donors (Lipinski definition) is 1. The number of piperidine rings is 1. The Balaban J connectivity index is 1.90. The first-order chi connectivity index (χ1) is 11.2. The zero-order valence-corrected chi connectivity index (χ0v) is 13.1. The summed E-state index contributed by atoms with van der Waals surface area (Å²) >= 11 is 0. The van der Waals surface area contributed by atoms with Crippen LogP contribution in [-0.2, 0) is 12.0 Å². The van der Waals surface area contributed by atoms with Crippen molar-refractivity contribution in [2.45, 2.75) is 37.3 Å². The van der Waals surface area contributed by atoms with Gasteiger partial charge in [0.05, 0.1) is 6.04 Å². The van der Waals surface area contributed by atoms with Gasteiger partial charge in [0.2, 0.25) is 0 Å². The van der Waals surface area contributed by atoms with Crippen LogP contribution < -0.4 is 0 Å². The molecule has 2 atom stereocenters. The molecule has 2 aliphatic heterocycles. The van der Waals surface area contributed by atoms with Gasteiger partial charge in [0.15, 0.2) is 0 Å². The number of carbonyl (C=O) groups excluding carboxylic acids is 1. The molecule has 2 aromatic carbocycles. The highest BCUT2D eigenvalue weighted by Gasteiger charge is 2.47. The van der Waals surface area contributed by atoms with Crippen molar-refractivity contribution < 1.29 is 9.90 Å². The fraction of sp³-hybridized carbons (Fsp3) is 0.350. The van der Waals surface area contributed by atoms with Crippen molar-refractivity contribution in [3.8, 4) is 0 Å². The number of nitrogens with zero attached hydrogens (tertiary/aromatic N) is 1. The van der Waals surface area contributed by atoms with Gasteiger partial charge in [0, 0.05) is 18.5 Å². The average Bonchev–Trinajstić information content (AvgIpc) is 2.71. The van der Waals surface area contributed by atoms with E-state index >= 15 is 0 Å². The maximum atomic E-state index is 13.0. The molecule has 1 saturated heterocycles. The van der Waals surface area contributed by atoms with Crippen molar-refractivity contribution in [3.63, 3.8) is 0 Å². The van der Waals surface area contributed by atoms with E-state index in [-0.39, 0.29) is 11.9 Å². The molecule has 2 unspecified atom stereocenters. The Labute approximate surface area is 136 Å². The molecule has 118 valence electrons. The summed E-state index contributed by atoms with van der Waals surface area (Å²) in [5.41, 5.74) is 1.56. The lowest BCUT2D eigenvalue weighted by molar-refractivity contribution is -0.0539. The molecule has 1 amide bonds. The van der Waals surface area contributed by atoms with Crippen molar-refractivity contribution in [2.24, 2.45) is 0 Å². The molecule has 1 N–H and O–H groups in total. The maximum absolute atomic E-state index is 13.0. The van der Waals surface area contributed by atoms with E-state index in [1.54, 1.807) is 0 Å². The Morgan fingerprint density at radius 2 is 1.74 bits per heavy atom. The van der Waals surface area contributed by atoms with Crippen molar-refractivity contribution in [2.75, 3.05) is 6.54 Å². The molecular weight excluding hydrogens is 286 g/mol. The Morgan fingerprint density at radius 1 is 1.00 bits per heavy atom. The third-order valence-corrected chi connectivity index (χ3v) is 5.30. The van der Waals surface area contributed by atoms with Crippen LogP contribution in [0.25, 0.3) is 0 Å². The molecule has 4 rings (SSSR count). The predicted octanol–water partition coefficient (Wildman–Crippen LogP) is 3.13. The van der Waals surface area contributed by atoms with Crippen LogP contribution in [0.1, 0.15) is 40.7 Å². The summed E-state index contributed by atoms with van der Waals surface area (Å²) < 4.78 is 0. The number of fused-ring (bicyclic) bond motifs is 2. The van der Waals surface area contributed by atoms with Crippen molar-refractivity contribution in [1.82, 2.24) is 4.90 Å². The van der Waals surface area contributed by atoms with E-state index in [2.05, 4.69) is 0 Å². The lowest BCUT2D eigenvalue weighted by Crippen LogP contribution is -2.54. The summed E-state index contributed by atoms with van der Waals surface area (Å²) in [5, 5.41) is 11.7. The zero-order valence-electron chi connectivity index (χ0n) is 13.1. The van der Waals surface area contributed by atoms with E-state index in [1.807, 2.05) is 59.5 Å². The first-order valence-corrected chi connectivity index (χ1v) is 8.37. The minimum absolute atomic E-state index is 0.0668. The average molecular weight is 307 g/mol. The Bertz CT molecular complexity index is 727. The summed E-state index contributed by atoms with van der Waals surface area (Å²) in [6.07, 6.45) is 3.40. The highest BCUT2D eigenvalue weighted by molar-refractivity contribution is 5.96. The number of rotatable bonds is 1. The van der Waals surface area contributed by atoms with Crippen LogP contribution in [0.5, 0.6) is 0 Å². The number of benzene rings is 2. The minimum Gasteiger partial charge on any atom is -0.383 e. The fourth-order valence-corrected chi connectivity index (χ4v) is 4.14. The standard InChI is InChI=1S/C20H21NO2/c22-19-17-11-5-4-8-15(17)14-20(23,16-9-2-1-3-10-16)18-12-6-7-13-21(18)19/h1-5,8-11,18,23H,6-7,12-14H2. The van der Waals surface area contributed by atoms with Crippen LogP contribution >= 0.6 is 0 Å². The van der Waals surface area contributed by atoms with Crippen LogP contribution in [0, 0.1) is 0 Å². The fourth-order valence-electron chi connectivity index (χ4n) is 4.14. The molecule has 0 saturated carbocycles. The summed E-state index contributed by atoms with van der Waals surface area (Å²) in [7, 11) is 0. The number of hydrogen-bond acceptors (Lipinski definition) is 2. The molecule has 0 bridgehead atoms. The van der Waals surface area contributed by atoms with Gasteiger partial charge >= 0.3 is 0 Å². The molecule has 0 aromatic heterocycles. The van der Waals surface area contributed by atoms with Crippen LogP contribution in [-0.4, -0.2) is 28.5 Å². The third-order valence-electron chi connectivity index (χ3n) is 5.30. The van der Waals surface area contributed by atoms with E-state index < -0.39 is 5.60 Å². The smallest absolute Gasteiger partial charge is 0.254 e. The Kier molecular flexibility index (Phi) is 3.46. The first kappa shape index (κ1) is 14.5. The second-order valence-corrected chi connectivity index (χ2v) is 6.63. The number of aliphatic hydroxyl groups is 1. The quantitative estimate of drug-likeness (QED) is 0.879. The van der Waals surface area contributed by atoms with Gasteiger partial charge in [-0.15, -0.1) is 0 Å². The molecule has 2 heterocycles. The topological polar surface area (TPSA) is 40.5 Å². The molecule has 23 heavy (non-hydrogen) atoms. The molecule has 3 nitrogen and oxygen atoms in total. The van der Waals surface area contributed by atoms with Gasteiger partial charge in [-0.3, -0.25) is 4.79 Å². The molecule has 0 radical (unpaired) electrons. The van der Waals surface area contributed by atoms with Gasteiger partial charge in [0.1, 0.15) is 5.60 Å². The van der Waals surface area contributed by atoms with E-state index in [9.17, 15) is 9.90 Å². The highest BCUT2D eigenvalue weighted by Crippen LogP contribution is 2.40. The SMILES string of the molecule is O=C1c2ccccc2CC(O)(c2ccccc2)C2CCCCN12. The minimum atomic E-state index is -1.02. The van der Waals surface area contributed by atoms with Crippen molar-refractivity contribution >= 4 is 5.91 Å². The summed E-state index contributed by atoms with van der Waals surface area (Å²) in [5.74, 6) is 0.0668. The van der Waals surface area contributed by atoms with E-state index in [4.69, 9.17) is 0 Å². The molecule has 0 spiro atoms. The molecule has 1 fully saturated rings. The highest BCUT2D eigenvalue weighted by atomic mass is 16.3. The molecule has 0 aliphatic carbocycles. The largest absolute Gasteiger partial charge is 0.383 e. The van der Waals surface area contributed by atoms with Gasteiger partial charge in [-0.1, -0.05) is 48.5 Å². The van der Waals surface area contributed by atoms with Crippen LogP contribution in [0.4, 0.5) is 0 Å². The van der Waals surface area contributed by atoms with Gasteiger partial charge in [0.25, 0.3) is 5.91 Å². The summed E-state index contributed by atoms with van der Waals surface area (Å²) in [6, 6.07) is 17.4. The second-order valence-electron chi connectivity index (χ2n) is 6.63. The second kappa shape index (κ2) is 5.50. The monoisotopic (exact) mass is 307 g/mol. The number of amides is 1. The van der Waals surface area contributed by atoms with E-state index in [0.717, 1.165) is 42.5 Å². The predicted molar refractivity (Wildman–Crippen MR) is 89.2 cm³/mol. The lowest BCUT2D eigenvalue weighted by Gasteiger charge is -2.44. The van der Waals surface area contributed by atoms with E-state index in [0.29, 0.717) is 6.42 Å². The Morgan fingerprint density at radius 3 is 2.57 bits per heavy atom. The van der Waals surface area contributed by atoms with Gasteiger partial charge in [-0.05, 0) is 36.5 Å². The summed E-state index contributed by atoms with van der Waals surface area (Å²) in [6.45, 7) is 0.729. The van der Waals surface area contributed by atoms with Crippen molar-refractivity contribution in [1.29, 1.82) is 0 Å². The first-order valence-electron chi connectivity index (χ1n) is 8.37.